The van der Waals surface area contributed by atoms with Crippen molar-refractivity contribution in [1.82, 2.24) is 4.90 Å². The van der Waals surface area contributed by atoms with Crippen molar-refractivity contribution < 1.29 is 31.3 Å². The first-order chi connectivity index (χ1) is 12.9. The number of halogens is 6. The first-order valence-electron chi connectivity index (χ1n) is 7.83. The van der Waals surface area contributed by atoms with E-state index in [1.54, 1.807) is 0 Å². The summed E-state index contributed by atoms with van der Waals surface area (Å²) in [5.41, 5.74) is -1.80. The highest BCUT2D eigenvalue weighted by Crippen LogP contribution is 2.36. The van der Waals surface area contributed by atoms with Gasteiger partial charge in [-0.25, -0.2) is 0 Å². The normalized spacial score (nSPS) is 17.7. The third-order valence-electron chi connectivity index (χ3n) is 4.07. The molecule has 1 aromatic carbocycles. The van der Waals surface area contributed by atoms with Crippen LogP contribution in [0.25, 0.3) is 0 Å². The molecule has 0 amide bonds. The zero-order valence-corrected chi connectivity index (χ0v) is 14.1. The third kappa shape index (κ3) is 5.56. The molecular weight excluding hydrogens is 392 g/mol. The van der Waals surface area contributed by atoms with E-state index in [0.717, 1.165) is 29.2 Å². The fraction of sp³-hybridized carbons (Fsp3) is 0.353. The van der Waals surface area contributed by atoms with E-state index in [-0.39, 0.29) is 17.8 Å². The lowest BCUT2D eigenvalue weighted by molar-refractivity contribution is -0.384. The Morgan fingerprint density at radius 1 is 1.18 bits per heavy atom. The number of nitriles is 1. The van der Waals surface area contributed by atoms with Crippen LogP contribution in [0.5, 0.6) is 0 Å². The number of benzene rings is 1. The molecule has 1 aromatic rings. The van der Waals surface area contributed by atoms with Gasteiger partial charge in [0, 0.05) is 24.7 Å². The molecule has 0 N–H and O–H groups in total. The average Bonchev–Trinajstić information content (AvgIpc) is 2.59. The third-order valence-corrected chi connectivity index (χ3v) is 4.07. The first-order valence-corrected chi connectivity index (χ1v) is 7.83. The van der Waals surface area contributed by atoms with E-state index in [2.05, 4.69) is 0 Å². The zero-order valence-electron chi connectivity index (χ0n) is 14.1. The van der Waals surface area contributed by atoms with Crippen molar-refractivity contribution >= 4 is 5.69 Å². The zero-order chi connectivity index (χ0) is 21.1. The molecule has 0 spiro atoms. The lowest BCUT2D eigenvalue weighted by Gasteiger charge is -2.33. The monoisotopic (exact) mass is 405 g/mol. The number of rotatable bonds is 5. The van der Waals surface area contributed by atoms with E-state index in [4.69, 9.17) is 5.26 Å². The summed E-state index contributed by atoms with van der Waals surface area (Å²) >= 11 is 0. The van der Waals surface area contributed by atoms with Crippen LogP contribution in [0.1, 0.15) is 12.0 Å². The lowest BCUT2D eigenvalue weighted by atomic mass is 9.93. The van der Waals surface area contributed by atoms with Gasteiger partial charge in [-0.3, -0.25) is 15.0 Å². The van der Waals surface area contributed by atoms with Gasteiger partial charge in [-0.1, -0.05) is 18.2 Å². The molecule has 11 heteroatoms. The summed E-state index contributed by atoms with van der Waals surface area (Å²) in [6.45, 7) is -1.86. The minimum Gasteiger partial charge on any atom is -0.284 e. The SMILES string of the molecule is N#CC1=C(C(F)(F)F)CC(N(Cc2ccc([N+](=O)[O-])cc2)CC(F)(F)F)C=C1. The van der Waals surface area contributed by atoms with Gasteiger partial charge in [0.05, 0.1) is 28.7 Å². The van der Waals surface area contributed by atoms with Gasteiger partial charge in [-0.05, 0) is 18.1 Å². The maximum atomic E-state index is 13.2. The van der Waals surface area contributed by atoms with Crippen molar-refractivity contribution in [2.24, 2.45) is 0 Å². The van der Waals surface area contributed by atoms with Crippen LogP contribution in [0, 0.1) is 21.4 Å². The van der Waals surface area contributed by atoms with Gasteiger partial charge in [-0.2, -0.15) is 31.6 Å². The van der Waals surface area contributed by atoms with E-state index in [1.165, 1.54) is 18.2 Å². The molecule has 0 fully saturated rings. The van der Waals surface area contributed by atoms with Gasteiger partial charge in [0.15, 0.2) is 0 Å². The maximum absolute atomic E-state index is 13.2. The molecule has 1 aliphatic rings. The van der Waals surface area contributed by atoms with Crippen LogP contribution in [0.3, 0.4) is 0 Å². The number of non-ortho nitro benzene ring substituents is 1. The van der Waals surface area contributed by atoms with Crippen LogP contribution in [-0.4, -0.2) is 34.8 Å². The highest BCUT2D eigenvalue weighted by Gasteiger charge is 2.41. The Hall–Kier alpha value is -2.87. The largest absolute Gasteiger partial charge is 0.414 e. The summed E-state index contributed by atoms with van der Waals surface area (Å²) < 4.78 is 78.4. The molecule has 0 heterocycles. The minimum atomic E-state index is -4.84. The lowest BCUT2D eigenvalue weighted by Crippen LogP contribution is -2.42. The summed E-state index contributed by atoms with van der Waals surface area (Å²) in [5.74, 6) is 0. The number of alkyl halides is 6. The van der Waals surface area contributed by atoms with Crippen molar-refractivity contribution in [3.8, 4) is 6.07 Å². The van der Waals surface area contributed by atoms with Crippen molar-refractivity contribution in [2.45, 2.75) is 31.4 Å². The van der Waals surface area contributed by atoms with Gasteiger partial charge >= 0.3 is 12.4 Å². The Bertz CT molecular complexity index is 834. The predicted octanol–water partition coefficient (Wildman–Crippen LogP) is 4.67. The molecule has 0 radical (unpaired) electrons. The second-order valence-corrected chi connectivity index (χ2v) is 6.08. The summed E-state index contributed by atoms with van der Waals surface area (Å²) in [7, 11) is 0. The molecule has 28 heavy (non-hydrogen) atoms. The highest BCUT2D eigenvalue weighted by molar-refractivity contribution is 5.44. The molecule has 0 aliphatic heterocycles. The van der Waals surface area contributed by atoms with Crippen molar-refractivity contribution in [3.63, 3.8) is 0 Å². The molecule has 1 unspecified atom stereocenters. The Morgan fingerprint density at radius 2 is 1.79 bits per heavy atom. The number of nitro groups is 1. The van der Waals surface area contributed by atoms with E-state index < -0.39 is 47.4 Å². The molecule has 0 saturated heterocycles. The van der Waals surface area contributed by atoms with Crippen LogP contribution in [0.15, 0.2) is 47.6 Å². The van der Waals surface area contributed by atoms with Crippen molar-refractivity contribution in [3.05, 3.63) is 63.2 Å². The fourth-order valence-electron chi connectivity index (χ4n) is 2.80. The predicted molar refractivity (Wildman–Crippen MR) is 85.8 cm³/mol. The summed E-state index contributed by atoms with van der Waals surface area (Å²) in [5, 5.41) is 19.5. The van der Waals surface area contributed by atoms with Gasteiger partial charge in [0.2, 0.25) is 0 Å². The molecule has 0 bridgehead atoms. The Labute approximate surface area is 155 Å². The second-order valence-electron chi connectivity index (χ2n) is 6.08. The first kappa shape index (κ1) is 21.4. The van der Waals surface area contributed by atoms with E-state index in [9.17, 15) is 36.5 Å². The molecule has 150 valence electrons. The molecule has 5 nitrogen and oxygen atoms in total. The number of hydrogen-bond acceptors (Lipinski definition) is 4. The number of nitrogens with zero attached hydrogens (tertiary/aromatic N) is 3. The number of hydrogen-bond donors (Lipinski definition) is 0. The van der Waals surface area contributed by atoms with E-state index in [1.807, 2.05) is 0 Å². The Balaban J connectivity index is 2.29. The quantitative estimate of drug-likeness (QED) is 0.406. The number of allylic oxidation sites excluding steroid dienone is 2. The second kappa shape index (κ2) is 8.02. The minimum absolute atomic E-state index is 0.260. The van der Waals surface area contributed by atoms with Gasteiger partial charge in [0.25, 0.3) is 5.69 Å². The Morgan fingerprint density at radius 3 is 2.25 bits per heavy atom. The maximum Gasteiger partial charge on any atom is 0.414 e. The van der Waals surface area contributed by atoms with E-state index >= 15 is 0 Å². The Kier molecular flexibility index (Phi) is 6.14. The van der Waals surface area contributed by atoms with Crippen LogP contribution in [0.4, 0.5) is 32.0 Å². The van der Waals surface area contributed by atoms with Gasteiger partial charge < -0.3 is 0 Å². The van der Waals surface area contributed by atoms with Gasteiger partial charge in [-0.15, -0.1) is 0 Å². The molecule has 0 saturated carbocycles. The number of nitro benzene ring substituents is 1. The van der Waals surface area contributed by atoms with Crippen LogP contribution in [-0.2, 0) is 6.54 Å². The van der Waals surface area contributed by atoms with Crippen molar-refractivity contribution in [2.75, 3.05) is 6.54 Å². The topological polar surface area (TPSA) is 70.2 Å². The van der Waals surface area contributed by atoms with E-state index in [0.29, 0.717) is 0 Å². The van der Waals surface area contributed by atoms with Gasteiger partial charge in [0.1, 0.15) is 0 Å². The molecule has 0 aromatic heterocycles. The average molecular weight is 405 g/mol. The molecular formula is C17H13F6N3O2. The van der Waals surface area contributed by atoms with Crippen LogP contribution in [0.2, 0.25) is 0 Å². The van der Waals surface area contributed by atoms with Crippen LogP contribution >= 0.6 is 0 Å². The fourth-order valence-corrected chi connectivity index (χ4v) is 2.80. The standard InChI is InChI=1S/C17H13F6N3O2/c18-16(19,20)10-25(9-11-1-4-13(5-2-11)26(27)28)14-6-3-12(8-24)15(7-14)17(21,22)23/h1-6,14H,7,9-10H2. The molecule has 2 rings (SSSR count). The summed E-state index contributed by atoms with van der Waals surface area (Å²) in [6.07, 6.45) is -8.31. The highest BCUT2D eigenvalue weighted by atomic mass is 19.4. The smallest absolute Gasteiger partial charge is 0.284 e. The molecule has 1 aliphatic carbocycles. The van der Waals surface area contributed by atoms with Crippen molar-refractivity contribution in [1.29, 1.82) is 5.26 Å². The summed E-state index contributed by atoms with van der Waals surface area (Å²) in [6, 6.07) is 4.86. The van der Waals surface area contributed by atoms with Crippen LogP contribution < -0.4 is 0 Å². The molecule has 1 atom stereocenters. The summed E-state index contributed by atoms with van der Waals surface area (Å²) in [4.78, 5) is 10.8.